The Morgan fingerprint density at radius 3 is 2.56 bits per heavy atom. The molecule has 2 heterocycles. The van der Waals surface area contributed by atoms with Gasteiger partial charge in [-0.3, -0.25) is 9.36 Å². The minimum Gasteiger partial charge on any atom is -0.507 e. The lowest BCUT2D eigenvalue weighted by molar-refractivity contribution is 0.0930. The molecule has 1 aliphatic heterocycles. The zero-order chi connectivity index (χ0) is 23.6. The van der Waals surface area contributed by atoms with Crippen molar-refractivity contribution < 1.29 is 9.90 Å². The molecule has 0 fully saturated rings. The number of phenolic OH excluding ortho intramolecular Hbond substituents is 1. The number of rotatable bonds is 7. The predicted octanol–water partition coefficient (Wildman–Crippen LogP) is 2.69. The predicted molar refractivity (Wildman–Crippen MR) is 126 cm³/mol. The van der Waals surface area contributed by atoms with Crippen molar-refractivity contribution in [3.05, 3.63) is 45.1 Å². The number of carbonyl (C=O) groups is 1. The molecule has 2 aromatic rings. The minimum atomic E-state index is -0.264. The number of likely N-dealkylation sites (N-methyl/N-ethyl adjacent to an activating group) is 1. The van der Waals surface area contributed by atoms with Gasteiger partial charge in [-0.2, -0.15) is 5.10 Å². The van der Waals surface area contributed by atoms with Crippen molar-refractivity contribution in [1.82, 2.24) is 24.6 Å². The fourth-order valence-electron chi connectivity index (χ4n) is 4.10. The van der Waals surface area contributed by atoms with Gasteiger partial charge in [-0.1, -0.05) is 33.8 Å². The van der Waals surface area contributed by atoms with Gasteiger partial charge in [0.1, 0.15) is 11.6 Å². The van der Waals surface area contributed by atoms with Gasteiger partial charge in [0, 0.05) is 25.6 Å². The highest BCUT2D eigenvalue weighted by Crippen LogP contribution is 2.33. The molecule has 1 aromatic heterocycles. The van der Waals surface area contributed by atoms with Crippen molar-refractivity contribution in [3.8, 4) is 5.75 Å². The van der Waals surface area contributed by atoms with Crippen molar-refractivity contribution in [2.45, 2.75) is 77.9 Å². The normalized spacial score (nSPS) is 16.5. The van der Waals surface area contributed by atoms with Crippen LogP contribution in [-0.4, -0.2) is 56.9 Å². The highest BCUT2D eigenvalue weighted by Gasteiger charge is 2.25. The van der Waals surface area contributed by atoms with E-state index >= 15 is 0 Å². The molecule has 1 aliphatic rings. The topological polar surface area (TPSA) is 92.4 Å². The summed E-state index contributed by atoms with van der Waals surface area (Å²) in [5, 5.41) is 18.4. The molecule has 1 unspecified atom stereocenters. The van der Waals surface area contributed by atoms with Crippen molar-refractivity contribution in [1.29, 1.82) is 0 Å². The molecule has 1 amide bonds. The fraction of sp³-hybridized carbons (Fsp3) is 0.625. The van der Waals surface area contributed by atoms with Crippen LogP contribution >= 0.6 is 0 Å². The van der Waals surface area contributed by atoms with Crippen molar-refractivity contribution >= 4 is 5.91 Å². The maximum atomic E-state index is 13.1. The third-order valence-corrected chi connectivity index (χ3v) is 6.21. The number of hydrogen-bond donors (Lipinski definition) is 2. The Labute approximate surface area is 190 Å². The number of nitrogens with one attached hydrogen (secondary N) is 1. The SMILES string of the molecule is CC(C)c1cc(C(=O)NC2CCc3nn(CCN(C)C)c(=O)n3CC2)c(O)c(C(C)C)c1. The third kappa shape index (κ3) is 5.23. The first-order valence-corrected chi connectivity index (χ1v) is 11.6. The third-order valence-electron chi connectivity index (χ3n) is 6.21. The Morgan fingerprint density at radius 2 is 1.94 bits per heavy atom. The van der Waals surface area contributed by atoms with E-state index in [4.69, 9.17) is 0 Å². The van der Waals surface area contributed by atoms with Crippen molar-refractivity contribution in [2.24, 2.45) is 0 Å². The molecule has 0 bridgehead atoms. The maximum Gasteiger partial charge on any atom is 0.345 e. The van der Waals surface area contributed by atoms with Crippen LogP contribution in [0.4, 0.5) is 0 Å². The summed E-state index contributed by atoms with van der Waals surface area (Å²) in [5.41, 5.74) is 2.07. The van der Waals surface area contributed by atoms with Crippen LogP contribution in [0.1, 0.15) is 79.7 Å². The number of benzene rings is 1. The fourth-order valence-corrected chi connectivity index (χ4v) is 4.10. The van der Waals surface area contributed by atoms with Gasteiger partial charge in [0.25, 0.3) is 5.91 Å². The van der Waals surface area contributed by atoms with Crippen LogP contribution in [0.15, 0.2) is 16.9 Å². The molecule has 8 nitrogen and oxygen atoms in total. The smallest absolute Gasteiger partial charge is 0.345 e. The summed E-state index contributed by atoms with van der Waals surface area (Å²) < 4.78 is 3.27. The zero-order valence-electron chi connectivity index (χ0n) is 20.2. The average molecular weight is 444 g/mol. The monoisotopic (exact) mass is 443 g/mol. The van der Waals surface area contributed by atoms with Crippen molar-refractivity contribution in [3.63, 3.8) is 0 Å². The van der Waals surface area contributed by atoms with E-state index < -0.39 is 0 Å². The lowest BCUT2D eigenvalue weighted by Gasteiger charge is -2.20. The van der Waals surface area contributed by atoms with Crippen LogP contribution < -0.4 is 11.0 Å². The Balaban J connectivity index is 1.74. The number of hydrogen-bond acceptors (Lipinski definition) is 5. The summed E-state index contributed by atoms with van der Waals surface area (Å²) in [4.78, 5) is 27.8. The first kappa shape index (κ1) is 24.0. The van der Waals surface area contributed by atoms with E-state index in [1.54, 1.807) is 10.6 Å². The second-order valence-electron chi connectivity index (χ2n) is 9.69. The number of phenols is 1. The van der Waals surface area contributed by atoms with E-state index in [9.17, 15) is 14.7 Å². The number of aryl methyl sites for hydroxylation is 1. The number of carbonyl (C=O) groups excluding carboxylic acids is 1. The summed E-state index contributed by atoms with van der Waals surface area (Å²) in [6.07, 6.45) is 1.99. The molecule has 2 N–H and O–H groups in total. The largest absolute Gasteiger partial charge is 0.507 e. The van der Waals surface area contributed by atoms with Crippen LogP contribution in [0.5, 0.6) is 5.75 Å². The molecule has 176 valence electrons. The van der Waals surface area contributed by atoms with E-state index in [-0.39, 0.29) is 35.2 Å². The zero-order valence-corrected chi connectivity index (χ0v) is 20.2. The van der Waals surface area contributed by atoms with Gasteiger partial charge in [0.2, 0.25) is 0 Å². The summed E-state index contributed by atoms with van der Waals surface area (Å²) in [5.74, 6) is 0.943. The second-order valence-corrected chi connectivity index (χ2v) is 9.69. The Morgan fingerprint density at radius 1 is 1.22 bits per heavy atom. The van der Waals surface area contributed by atoms with Crippen molar-refractivity contribution in [2.75, 3.05) is 20.6 Å². The molecule has 1 atom stereocenters. The molecular weight excluding hydrogens is 406 g/mol. The Hall–Kier alpha value is -2.61. The Kier molecular flexibility index (Phi) is 7.44. The second kappa shape index (κ2) is 9.90. The summed E-state index contributed by atoms with van der Waals surface area (Å²) in [6.45, 7) is 10.0. The molecule has 8 heteroatoms. The average Bonchev–Trinajstić information content (AvgIpc) is 2.88. The van der Waals surface area contributed by atoms with E-state index in [0.29, 0.717) is 37.9 Å². The number of amides is 1. The molecule has 1 aromatic carbocycles. The molecule has 0 saturated carbocycles. The van der Waals surface area contributed by atoms with E-state index in [1.165, 1.54) is 4.68 Å². The van der Waals surface area contributed by atoms with E-state index in [1.807, 2.05) is 38.9 Å². The molecular formula is C24H37N5O3. The first-order valence-electron chi connectivity index (χ1n) is 11.6. The highest BCUT2D eigenvalue weighted by atomic mass is 16.3. The molecule has 0 spiro atoms. The lowest BCUT2D eigenvalue weighted by atomic mass is 9.91. The van der Waals surface area contributed by atoms with Crippen LogP contribution in [0.3, 0.4) is 0 Å². The number of aromatic hydroxyl groups is 1. The lowest BCUT2D eigenvalue weighted by Crippen LogP contribution is -2.36. The van der Waals surface area contributed by atoms with Crippen LogP contribution in [0.2, 0.25) is 0 Å². The number of nitrogens with zero attached hydrogens (tertiary/aromatic N) is 4. The van der Waals surface area contributed by atoms with Gasteiger partial charge in [-0.25, -0.2) is 9.48 Å². The van der Waals surface area contributed by atoms with Gasteiger partial charge in [-0.15, -0.1) is 0 Å². The van der Waals surface area contributed by atoms with Gasteiger partial charge in [-0.05, 0) is 56.0 Å². The van der Waals surface area contributed by atoms with Gasteiger partial charge < -0.3 is 15.3 Å². The van der Waals surface area contributed by atoms with Crippen LogP contribution in [-0.2, 0) is 19.5 Å². The quantitative estimate of drug-likeness (QED) is 0.686. The Bertz CT molecular complexity index is 1020. The molecule has 0 aliphatic carbocycles. The minimum absolute atomic E-state index is 0.0622. The van der Waals surface area contributed by atoms with Gasteiger partial charge >= 0.3 is 5.69 Å². The number of fused-ring (bicyclic) bond motifs is 1. The molecule has 0 saturated heterocycles. The summed E-state index contributed by atoms with van der Waals surface area (Å²) in [6, 6.07) is 3.71. The van der Waals surface area contributed by atoms with Crippen LogP contribution in [0.25, 0.3) is 0 Å². The first-order chi connectivity index (χ1) is 15.1. The molecule has 0 radical (unpaired) electrons. The molecule has 32 heavy (non-hydrogen) atoms. The van der Waals surface area contributed by atoms with Gasteiger partial charge in [0.05, 0.1) is 12.1 Å². The highest BCUT2D eigenvalue weighted by molar-refractivity contribution is 5.97. The van der Waals surface area contributed by atoms with Crippen LogP contribution in [0, 0.1) is 0 Å². The van der Waals surface area contributed by atoms with E-state index in [2.05, 4.69) is 24.3 Å². The molecule has 3 rings (SSSR count). The van der Waals surface area contributed by atoms with E-state index in [0.717, 1.165) is 23.5 Å². The van der Waals surface area contributed by atoms with Gasteiger partial charge in [0.15, 0.2) is 0 Å². The summed E-state index contributed by atoms with van der Waals surface area (Å²) >= 11 is 0. The summed E-state index contributed by atoms with van der Waals surface area (Å²) in [7, 11) is 3.94. The maximum absolute atomic E-state index is 13.1. The number of aromatic nitrogens is 3. The standard InChI is InChI=1S/C24H37N5O3/c1-15(2)17-13-19(16(3)4)22(30)20(14-17)23(31)25-18-7-8-21-26-29(12-11-27(5)6)24(32)28(21)10-9-18/h13-16,18,30H,7-12H2,1-6H3,(H,25,31).